The van der Waals surface area contributed by atoms with Crippen LogP contribution >= 0.6 is 11.8 Å². The van der Waals surface area contributed by atoms with Gasteiger partial charge in [-0.05, 0) is 12.2 Å². The molecule has 0 radical (unpaired) electrons. The van der Waals surface area contributed by atoms with Crippen LogP contribution in [-0.4, -0.2) is 35.0 Å². The van der Waals surface area contributed by atoms with Crippen LogP contribution in [0.5, 0.6) is 0 Å². The van der Waals surface area contributed by atoms with Crippen molar-refractivity contribution >= 4 is 24.1 Å². The summed E-state index contributed by atoms with van der Waals surface area (Å²) in [5, 5.41) is 10.9. The third kappa shape index (κ3) is 6.38. The number of carbonyl (C=O) groups is 2. The Balaban J connectivity index is 3.56. The number of amides is 1. The van der Waals surface area contributed by atoms with E-state index in [0.717, 1.165) is 5.75 Å². The minimum Gasteiger partial charge on any atom is -0.480 e. The van der Waals surface area contributed by atoms with Crippen LogP contribution in [0.15, 0.2) is 0 Å². The quantitative estimate of drug-likeness (QED) is 0.348. The van der Waals surface area contributed by atoms with Gasteiger partial charge in [-0.1, -0.05) is 0 Å². The summed E-state index contributed by atoms with van der Waals surface area (Å²) in [6.45, 7) is 0. The predicted octanol–water partition coefficient (Wildman–Crippen LogP) is 0.332. The normalized spacial score (nSPS) is 11.4. The zero-order valence-corrected chi connectivity index (χ0v) is 8.55. The van der Waals surface area contributed by atoms with Crippen molar-refractivity contribution in [2.45, 2.75) is 18.9 Å². The summed E-state index contributed by atoms with van der Waals surface area (Å²) in [6, 6.07) is -0.786. The number of aliphatic carboxylic acids is 1. The smallest absolute Gasteiger partial charge is 0.326 e. The maximum Gasteiger partial charge on any atom is 0.326 e. The van der Waals surface area contributed by atoms with Gasteiger partial charge in [0.05, 0.1) is 0 Å². The lowest BCUT2D eigenvalue weighted by Crippen LogP contribution is -2.36. The Kier molecular flexibility index (Phi) is 7.75. The summed E-state index contributed by atoms with van der Waals surface area (Å²) < 4.78 is 0. The number of hydrogen-bond donors (Lipinski definition) is 2. The standard InChI is InChI=1S/C9H13NO3S/c1-2-3-5-14-6-4-8(9(12)13)10-7-11/h1,7-8H,3-6H2,(H,10,11)(H,12,13). The average molecular weight is 215 g/mol. The number of carboxylic acids is 1. The van der Waals surface area contributed by atoms with E-state index < -0.39 is 12.0 Å². The Hall–Kier alpha value is -1.15. The molecule has 1 atom stereocenters. The number of thioether (sulfide) groups is 1. The van der Waals surface area contributed by atoms with Gasteiger partial charge in [0.15, 0.2) is 0 Å². The van der Waals surface area contributed by atoms with E-state index in [1.165, 1.54) is 0 Å². The average Bonchev–Trinajstić information content (AvgIpc) is 2.15. The summed E-state index contributed by atoms with van der Waals surface area (Å²) in [5.74, 6) is 2.99. The molecule has 0 rings (SSSR count). The second-order valence-electron chi connectivity index (χ2n) is 2.53. The Bertz CT molecular complexity index is 225. The first kappa shape index (κ1) is 12.8. The van der Waals surface area contributed by atoms with Crippen LogP contribution in [0.4, 0.5) is 0 Å². The van der Waals surface area contributed by atoms with E-state index in [2.05, 4.69) is 11.2 Å². The first-order chi connectivity index (χ1) is 6.72. The van der Waals surface area contributed by atoms with E-state index in [-0.39, 0.29) is 0 Å². The third-order valence-corrected chi connectivity index (χ3v) is 2.53. The first-order valence-corrected chi connectivity index (χ1v) is 5.31. The van der Waals surface area contributed by atoms with Crippen LogP contribution in [0, 0.1) is 12.3 Å². The minimum absolute atomic E-state index is 0.408. The van der Waals surface area contributed by atoms with Gasteiger partial charge < -0.3 is 10.4 Å². The molecule has 0 aliphatic heterocycles. The van der Waals surface area contributed by atoms with Gasteiger partial charge in [0.25, 0.3) is 0 Å². The maximum absolute atomic E-state index is 10.5. The summed E-state index contributed by atoms with van der Waals surface area (Å²) >= 11 is 1.59. The van der Waals surface area contributed by atoms with Gasteiger partial charge in [0.1, 0.15) is 6.04 Å². The molecule has 5 heteroatoms. The molecule has 0 saturated carbocycles. The largest absolute Gasteiger partial charge is 0.480 e. The molecule has 0 aromatic heterocycles. The van der Waals surface area contributed by atoms with Crippen molar-refractivity contribution in [3.8, 4) is 12.3 Å². The van der Waals surface area contributed by atoms with E-state index in [4.69, 9.17) is 11.5 Å². The van der Waals surface area contributed by atoms with Gasteiger partial charge in [0, 0.05) is 12.2 Å². The third-order valence-electron chi connectivity index (χ3n) is 1.51. The zero-order chi connectivity index (χ0) is 10.8. The van der Waals surface area contributed by atoms with Crippen molar-refractivity contribution in [1.82, 2.24) is 5.32 Å². The van der Waals surface area contributed by atoms with E-state index in [1.54, 1.807) is 11.8 Å². The molecule has 2 N–H and O–H groups in total. The van der Waals surface area contributed by atoms with Gasteiger partial charge in [-0.25, -0.2) is 4.79 Å². The minimum atomic E-state index is -1.00. The lowest BCUT2D eigenvalue weighted by atomic mass is 10.2. The van der Waals surface area contributed by atoms with E-state index in [0.29, 0.717) is 25.0 Å². The summed E-state index contributed by atoms with van der Waals surface area (Å²) in [5.41, 5.74) is 0. The Morgan fingerprint density at radius 2 is 2.36 bits per heavy atom. The zero-order valence-electron chi connectivity index (χ0n) is 7.73. The highest BCUT2D eigenvalue weighted by molar-refractivity contribution is 7.99. The molecule has 1 amide bonds. The van der Waals surface area contributed by atoms with Crippen molar-refractivity contribution in [3.05, 3.63) is 0 Å². The maximum atomic E-state index is 10.5. The van der Waals surface area contributed by atoms with Crippen LogP contribution < -0.4 is 5.32 Å². The summed E-state index contributed by atoms with van der Waals surface area (Å²) in [6.07, 6.45) is 6.56. The van der Waals surface area contributed by atoms with Gasteiger partial charge in [0.2, 0.25) is 6.41 Å². The molecule has 1 unspecified atom stereocenters. The molecular weight excluding hydrogens is 202 g/mol. The van der Waals surface area contributed by atoms with Crippen LogP contribution in [0.25, 0.3) is 0 Å². The van der Waals surface area contributed by atoms with Gasteiger partial charge in [-0.2, -0.15) is 11.8 Å². The van der Waals surface area contributed by atoms with Crippen LogP contribution in [0.2, 0.25) is 0 Å². The molecule has 14 heavy (non-hydrogen) atoms. The van der Waals surface area contributed by atoms with Crippen LogP contribution in [-0.2, 0) is 9.59 Å². The number of carbonyl (C=O) groups excluding carboxylic acids is 1. The second-order valence-corrected chi connectivity index (χ2v) is 3.76. The highest BCUT2D eigenvalue weighted by Gasteiger charge is 2.14. The number of nitrogens with one attached hydrogen (secondary N) is 1. The molecule has 0 fully saturated rings. The molecule has 0 aliphatic carbocycles. The fraction of sp³-hybridized carbons (Fsp3) is 0.556. The molecule has 0 aromatic carbocycles. The Morgan fingerprint density at radius 1 is 1.64 bits per heavy atom. The van der Waals surface area contributed by atoms with Crippen molar-refractivity contribution in [3.63, 3.8) is 0 Å². The highest BCUT2D eigenvalue weighted by atomic mass is 32.2. The van der Waals surface area contributed by atoms with E-state index in [1.807, 2.05) is 0 Å². The summed E-state index contributed by atoms with van der Waals surface area (Å²) in [4.78, 5) is 20.6. The van der Waals surface area contributed by atoms with E-state index >= 15 is 0 Å². The SMILES string of the molecule is C#CCCSCCC(NC=O)C(=O)O. The topological polar surface area (TPSA) is 66.4 Å². The molecule has 0 aliphatic rings. The second kappa shape index (κ2) is 8.45. The number of rotatable bonds is 8. The predicted molar refractivity (Wildman–Crippen MR) is 56.0 cm³/mol. The van der Waals surface area contributed by atoms with Crippen LogP contribution in [0.1, 0.15) is 12.8 Å². The molecule has 0 spiro atoms. The molecular formula is C9H13NO3S. The van der Waals surface area contributed by atoms with Crippen LogP contribution in [0.3, 0.4) is 0 Å². The fourth-order valence-corrected chi connectivity index (χ4v) is 1.66. The number of hydrogen-bond acceptors (Lipinski definition) is 3. The lowest BCUT2D eigenvalue weighted by Gasteiger charge is -2.09. The molecule has 0 saturated heterocycles. The molecule has 78 valence electrons. The fourth-order valence-electron chi connectivity index (χ4n) is 0.795. The highest BCUT2D eigenvalue weighted by Crippen LogP contribution is 2.06. The molecule has 0 heterocycles. The number of carboxylic acid groups (broad SMARTS) is 1. The number of terminal acetylenes is 1. The molecule has 4 nitrogen and oxygen atoms in total. The van der Waals surface area contributed by atoms with Crippen molar-refractivity contribution in [2.75, 3.05) is 11.5 Å². The van der Waals surface area contributed by atoms with Crippen molar-refractivity contribution in [1.29, 1.82) is 0 Å². The monoisotopic (exact) mass is 215 g/mol. The Morgan fingerprint density at radius 3 is 2.86 bits per heavy atom. The molecule has 0 aromatic rings. The summed E-state index contributed by atoms with van der Waals surface area (Å²) in [7, 11) is 0. The lowest BCUT2D eigenvalue weighted by molar-refractivity contribution is -0.140. The van der Waals surface area contributed by atoms with Crippen molar-refractivity contribution < 1.29 is 14.7 Å². The Labute approximate surface area is 87.4 Å². The van der Waals surface area contributed by atoms with Crippen molar-refractivity contribution in [2.24, 2.45) is 0 Å². The first-order valence-electron chi connectivity index (χ1n) is 4.16. The molecule has 0 bridgehead atoms. The van der Waals surface area contributed by atoms with Gasteiger partial charge >= 0.3 is 5.97 Å². The van der Waals surface area contributed by atoms with Gasteiger partial charge in [-0.15, -0.1) is 12.3 Å². The van der Waals surface area contributed by atoms with E-state index in [9.17, 15) is 9.59 Å². The van der Waals surface area contributed by atoms with Gasteiger partial charge in [-0.3, -0.25) is 4.79 Å².